The maximum atomic E-state index is 1.64. The first kappa shape index (κ1) is 7.31. The third-order valence-electron chi connectivity index (χ3n) is 6.18. The minimum absolute atomic E-state index is 0.938. The third kappa shape index (κ3) is 0.680. The van der Waals surface area contributed by atoms with E-state index in [9.17, 15) is 0 Å². The van der Waals surface area contributed by atoms with Crippen LogP contribution in [0.15, 0.2) is 0 Å². The number of rotatable bonds is 0. The van der Waals surface area contributed by atoms with Gasteiger partial charge in [0.25, 0.3) is 0 Å². The van der Waals surface area contributed by atoms with Crippen molar-refractivity contribution in [1.29, 1.82) is 0 Å². The van der Waals surface area contributed by atoms with Gasteiger partial charge in [-0.2, -0.15) is 0 Å². The summed E-state index contributed by atoms with van der Waals surface area (Å²) in [6.07, 6.45) is 12.9. The van der Waals surface area contributed by atoms with Crippen LogP contribution in [0.2, 0.25) is 0 Å². The third-order valence-corrected chi connectivity index (χ3v) is 6.18. The molecule has 5 atom stereocenters. The van der Waals surface area contributed by atoms with E-state index in [2.05, 4.69) is 0 Å². The topological polar surface area (TPSA) is 0 Å². The van der Waals surface area contributed by atoms with Gasteiger partial charge in [-0.3, -0.25) is 0 Å². The standard InChI is InChI=1S/C13H20/c1-2-10-6-9-4-5-13(10)11(3-1)8-12(13)7-9/h9-12H,1-8H2. The first-order chi connectivity index (χ1) is 6.39. The van der Waals surface area contributed by atoms with Crippen LogP contribution in [0.1, 0.15) is 51.4 Å². The van der Waals surface area contributed by atoms with Gasteiger partial charge < -0.3 is 0 Å². The van der Waals surface area contributed by atoms with Gasteiger partial charge in [-0.25, -0.2) is 0 Å². The Kier molecular flexibility index (Phi) is 1.21. The highest BCUT2D eigenvalue weighted by molar-refractivity contribution is 5.13. The van der Waals surface area contributed by atoms with Gasteiger partial charge in [0.1, 0.15) is 0 Å². The summed E-state index contributed by atoms with van der Waals surface area (Å²) in [5, 5.41) is 0. The van der Waals surface area contributed by atoms with E-state index in [4.69, 9.17) is 0 Å². The minimum atomic E-state index is 0.938. The van der Waals surface area contributed by atoms with Crippen molar-refractivity contribution < 1.29 is 0 Å². The van der Waals surface area contributed by atoms with Crippen molar-refractivity contribution in [3.8, 4) is 0 Å². The molecule has 0 heteroatoms. The average Bonchev–Trinajstić information content (AvgIpc) is 2.15. The number of hydrogen-bond acceptors (Lipinski definition) is 0. The Morgan fingerprint density at radius 2 is 1.54 bits per heavy atom. The number of hydrogen-bond donors (Lipinski definition) is 0. The first-order valence-corrected chi connectivity index (χ1v) is 6.39. The largest absolute Gasteiger partial charge is 0.0527 e. The monoisotopic (exact) mass is 176 g/mol. The maximum absolute atomic E-state index is 1.64. The number of fused-ring (bicyclic) bond motifs is 1. The quantitative estimate of drug-likeness (QED) is 0.529. The highest BCUT2D eigenvalue weighted by atomic mass is 14.7. The Hall–Kier alpha value is 0. The molecule has 0 aromatic heterocycles. The zero-order chi connectivity index (χ0) is 8.47. The average molecular weight is 176 g/mol. The molecule has 5 rings (SSSR count). The lowest BCUT2D eigenvalue weighted by Crippen LogP contribution is -2.62. The van der Waals surface area contributed by atoms with E-state index in [1.165, 1.54) is 17.8 Å². The van der Waals surface area contributed by atoms with Crippen LogP contribution in [0, 0.1) is 29.1 Å². The SMILES string of the molecule is C1CC2CC3CCC24C(C1)CC4C3. The van der Waals surface area contributed by atoms with Crippen molar-refractivity contribution in [3.63, 3.8) is 0 Å². The summed E-state index contributed by atoms with van der Waals surface area (Å²) in [5.41, 5.74) is 0.938. The molecule has 5 saturated carbocycles. The Balaban J connectivity index is 1.78. The predicted octanol–water partition coefficient (Wildman–Crippen LogP) is 3.61. The normalized spacial score (nSPS) is 62.8. The highest BCUT2D eigenvalue weighted by Crippen LogP contribution is 2.72. The van der Waals surface area contributed by atoms with E-state index in [0.29, 0.717) is 0 Å². The fourth-order valence-corrected chi connectivity index (χ4v) is 5.74. The van der Waals surface area contributed by atoms with E-state index in [0.717, 1.165) is 11.3 Å². The van der Waals surface area contributed by atoms with E-state index < -0.39 is 0 Å². The molecule has 0 aliphatic heterocycles. The molecular weight excluding hydrogens is 156 g/mol. The van der Waals surface area contributed by atoms with Crippen LogP contribution in [-0.2, 0) is 0 Å². The predicted molar refractivity (Wildman–Crippen MR) is 53.3 cm³/mol. The van der Waals surface area contributed by atoms with Gasteiger partial charge in [0.2, 0.25) is 0 Å². The lowest BCUT2D eigenvalue weighted by molar-refractivity contribution is -0.206. The Bertz CT molecular complexity index is 238. The zero-order valence-electron chi connectivity index (χ0n) is 8.47. The lowest BCUT2D eigenvalue weighted by Gasteiger charge is -2.70. The van der Waals surface area contributed by atoms with Crippen molar-refractivity contribution in [2.45, 2.75) is 51.4 Å². The van der Waals surface area contributed by atoms with Gasteiger partial charge in [-0.05, 0) is 74.0 Å². The van der Waals surface area contributed by atoms with Gasteiger partial charge in [-0.1, -0.05) is 6.42 Å². The molecule has 5 fully saturated rings. The molecule has 1 spiro atoms. The molecule has 0 heterocycles. The van der Waals surface area contributed by atoms with Crippen molar-refractivity contribution in [1.82, 2.24) is 0 Å². The second-order valence-corrected chi connectivity index (χ2v) is 6.25. The van der Waals surface area contributed by atoms with Crippen molar-refractivity contribution in [3.05, 3.63) is 0 Å². The fourth-order valence-electron chi connectivity index (χ4n) is 5.74. The van der Waals surface area contributed by atoms with Crippen LogP contribution in [0.5, 0.6) is 0 Å². The van der Waals surface area contributed by atoms with Crippen LogP contribution in [0.3, 0.4) is 0 Å². The summed E-state index contributed by atoms with van der Waals surface area (Å²) < 4.78 is 0. The second kappa shape index (κ2) is 2.15. The summed E-state index contributed by atoms with van der Waals surface area (Å²) in [7, 11) is 0. The van der Waals surface area contributed by atoms with Crippen LogP contribution in [-0.4, -0.2) is 0 Å². The van der Waals surface area contributed by atoms with Gasteiger partial charge in [-0.15, -0.1) is 0 Å². The molecule has 0 aromatic rings. The molecule has 0 amide bonds. The Labute approximate surface area is 81.1 Å². The summed E-state index contributed by atoms with van der Waals surface area (Å²) in [4.78, 5) is 0. The van der Waals surface area contributed by atoms with Gasteiger partial charge in [0.05, 0.1) is 0 Å². The summed E-state index contributed by atoms with van der Waals surface area (Å²) in [5.74, 6) is 4.75. The molecule has 0 aromatic carbocycles. The molecule has 0 radical (unpaired) electrons. The molecule has 0 saturated heterocycles. The molecule has 13 heavy (non-hydrogen) atoms. The molecule has 5 unspecified atom stereocenters. The molecule has 0 nitrogen and oxygen atoms in total. The maximum Gasteiger partial charge on any atom is -0.0212 e. The second-order valence-electron chi connectivity index (χ2n) is 6.25. The molecule has 5 aliphatic carbocycles. The van der Waals surface area contributed by atoms with Gasteiger partial charge >= 0.3 is 0 Å². The molecule has 2 bridgehead atoms. The Morgan fingerprint density at radius 3 is 2.31 bits per heavy atom. The lowest BCUT2D eigenvalue weighted by atomic mass is 9.35. The molecular formula is C13H20. The zero-order valence-corrected chi connectivity index (χ0v) is 8.47. The molecule has 5 aliphatic rings. The summed E-state index contributed by atoms with van der Waals surface area (Å²) in [6.45, 7) is 0. The van der Waals surface area contributed by atoms with Crippen molar-refractivity contribution >= 4 is 0 Å². The van der Waals surface area contributed by atoms with Crippen LogP contribution in [0.25, 0.3) is 0 Å². The highest BCUT2D eigenvalue weighted by Gasteiger charge is 2.64. The summed E-state index contributed by atoms with van der Waals surface area (Å²) >= 11 is 0. The van der Waals surface area contributed by atoms with Gasteiger partial charge in [0, 0.05) is 0 Å². The van der Waals surface area contributed by atoms with Crippen LogP contribution in [0.4, 0.5) is 0 Å². The minimum Gasteiger partial charge on any atom is -0.0527 e. The van der Waals surface area contributed by atoms with Crippen molar-refractivity contribution in [2.24, 2.45) is 29.1 Å². The molecule has 72 valence electrons. The van der Waals surface area contributed by atoms with Crippen molar-refractivity contribution in [2.75, 3.05) is 0 Å². The van der Waals surface area contributed by atoms with E-state index in [1.807, 2.05) is 0 Å². The summed E-state index contributed by atoms with van der Waals surface area (Å²) in [6, 6.07) is 0. The van der Waals surface area contributed by atoms with Crippen LogP contribution >= 0.6 is 0 Å². The first-order valence-electron chi connectivity index (χ1n) is 6.39. The molecule has 0 N–H and O–H groups in total. The van der Waals surface area contributed by atoms with Gasteiger partial charge in [0.15, 0.2) is 0 Å². The van der Waals surface area contributed by atoms with E-state index in [-0.39, 0.29) is 0 Å². The Morgan fingerprint density at radius 1 is 0.769 bits per heavy atom. The smallest absolute Gasteiger partial charge is 0.0212 e. The van der Waals surface area contributed by atoms with E-state index >= 15 is 0 Å². The van der Waals surface area contributed by atoms with E-state index in [1.54, 1.807) is 51.4 Å². The van der Waals surface area contributed by atoms with Crippen LogP contribution < -0.4 is 0 Å². The fraction of sp³-hybridized carbons (Fsp3) is 1.00.